The highest BCUT2D eigenvalue weighted by atomic mass is 35.5. The summed E-state index contributed by atoms with van der Waals surface area (Å²) >= 11 is 23.9. The number of esters is 1. The minimum absolute atomic E-state index is 0.0172. The molecule has 0 radical (unpaired) electrons. The smallest absolute Gasteiger partial charge is 0.346 e. The lowest BCUT2D eigenvalue weighted by Crippen LogP contribution is -2.13. The minimum Gasteiger partial charge on any atom is -0.420 e. The van der Waals surface area contributed by atoms with Crippen LogP contribution in [0.2, 0.25) is 20.1 Å². The molecule has 114 valence electrons. The van der Waals surface area contributed by atoms with Gasteiger partial charge in [0.05, 0.1) is 31.2 Å². The Bertz CT molecular complexity index is 751. The standard InChI is InChI=1S/C15H8Cl4O3/c1-7(20)12-10(18)5-6-11(19)14(12)22-15(21)13-8(16)3-2-4-9(13)17/h2-6H,1H3. The van der Waals surface area contributed by atoms with Crippen LogP contribution in [0.3, 0.4) is 0 Å². The Morgan fingerprint density at radius 3 is 1.86 bits per heavy atom. The van der Waals surface area contributed by atoms with Gasteiger partial charge in [0.1, 0.15) is 0 Å². The molecule has 7 heteroatoms. The lowest BCUT2D eigenvalue weighted by molar-refractivity contribution is 0.0733. The zero-order valence-corrected chi connectivity index (χ0v) is 14.1. The van der Waals surface area contributed by atoms with E-state index >= 15 is 0 Å². The van der Waals surface area contributed by atoms with E-state index in [0.717, 1.165) is 0 Å². The predicted molar refractivity (Wildman–Crippen MR) is 87.9 cm³/mol. The number of carbonyl (C=O) groups excluding carboxylic acids is 2. The minimum atomic E-state index is -0.831. The molecule has 2 aromatic carbocycles. The summed E-state index contributed by atoms with van der Waals surface area (Å²) in [4.78, 5) is 24.0. The molecule has 22 heavy (non-hydrogen) atoms. The van der Waals surface area contributed by atoms with Gasteiger partial charge in [0.15, 0.2) is 11.5 Å². The molecule has 3 nitrogen and oxygen atoms in total. The maximum Gasteiger partial charge on any atom is 0.346 e. The van der Waals surface area contributed by atoms with Crippen molar-refractivity contribution in [2.45, 2.75) is 6.92 Å². The Kier molecular flexibility index (Phi) is 5.35. The third kappa shape index (κ3) is 3.39. The number of rotatable bonds is 3. The molecule has 0 atom stereocenters. The van der Waals surface area contributed by atoms with E-state index in [1.165, 1.54) is 31.2 Å². The molecule has 0 unspecified atom stereocenters. The normalized spacial score (nSPS) is 10.4. The lowest BCUT2D eigenvalue weighted by atomic mass is 10.1. The van der Waals surface area contributed by atoms with E-state index in [0.29, 0.717) is 0 Å². The molecule has 2 rings (SSSR count). The second-order valence-electron chi connectivity index (χ2n) is 4.28. The predicted octanol–water partition coefficient (Wildman–Crippen LogP) is 5.72. The molecule has 0 spiro atoms. The quantitative estimate of drug-likeness (QED) is 0.390. The number of halogens is 4. The zero-order chi connectivity index (χ0) is 16.4. The molecular weight excluding hydrogens is 370 g/mol. The Balaban J connectivity index is 2.50. The summed E-state index contributed by atoms with van der Waals surface area (Å²) in [7, 11) is 0. The molecule has 0 saturated carbocycles. The number of ketones is 1. The van der Waals surface area contributed by atoms with E-state index in [9.17, 15) is 9.59 Å². The van der Waals surface area contributed by atoms with Crippen LogP contribution in [0.1, 0.15) is 27.6 Å². The largest absolute Gasteiger partial charge is 0.420 e. The number of carbonyl (C=O) groups is 2. The summed E-state index contributed by atoms with van der Waals surface area (Å²) < 4.78 is 5.22. The molecule has 2 aromatic rings. The second kappa shape index (κ2) is 6.88. The van der Waals surface area contributed by atoms with Crippen molar-refractivity contribution in [1.29, 1.82) is 0 Å². The molecule has 0 aliphatic carbocycles. The molecule has 0 aliphatic rings. The number of hydrogen-bond donors (Lipinski definition) is 0. The lowest BCUT2D eigenvalue weighted by Gasteiger charge is -2.12. The van der Waals surface area contributed by atoms with E-state index in [-0.39, 0.29) is 42.8 Å². The molecular formula is C15H8Cl4O3. The molecule has 0 aliphatic heterocycles. The SMILES string of the molecule is CC(=O)c1c(Cl)ccc(Cl)c1OC(=O)c1c(Cl)cccc1Cl. The number of hydrogen-bond acceptors (Lipinski definition) is 3. The average molecular weight is 378 g/mol. The number of Topliss-reactive ketones (excluding diaryl/α,β-unsaturated/α-hetero) is 1. The fourth-order valence-corrected chi connectivity index (χ4v) is 2.83. The first-order valence-electron chi connectivity index (χ1n) is 5.98. The Morgan fingerprint density at radius 2 is 1.32 bits per heavy atom. The van der Waals surface area contributed by atoms with Gasteiger partial charge in [-0.3, -0.25) is 4.79 Å². The van der Waals surface area contributed by atoms with Gasteiger partial charge in [0.25, 0.3) is 0 Å². The summed E-state index contributed by atoms with van der Waals surface area (Å²) in [5, 5.41) is 0.455. The van der Waals surface area contributed by atoms with E-state index in [2.05, 4.69) is 0 Å². The highest BCUT2D eigenvalue weighted by Crippen LogP contribution is 2.36. The van der Waals surface area contributed by atoms with Gasteiger partial charge < -0.3 is 4.74 Å². The first-order valence-corrected chi connectivity index (χ1v) is 7.49. The third-order valence-electron chi connectivity index (χ3n) is 2.77. The molecule has 0 fully saturated rings. The van der Waals surface area contributed by atoms with Crippen LogP contribution in [0.5, 0.6) is 5.75 Å². The monoisotopic (exact) mass is 376 g/mol. The maximum atomic E-state index is 12.3. The van der Waals surface area contributed by atoms with E-state index < -0.39 is 5.97 Å². The van der Waals surface area contributed by atoms with E-state index in [1.807, 2.05) is 0 Å². The van der Waals surface area contributed by atoms with Crippen LogP contribution in [-0.2, 0) is 0 Å². The molecule has 0 heterocycles. The van der Waals surface area contributed by atoms with E-state index in [1.54, 1.807) is 6.07 Å². The van der Waals surface area contributed by atoms with Crippen LogP contribution in [0.15, 0.2) is 30.3 Å². The van der Waals surface area contributed by atoms with Gasteiger partial charge in [-0.15, -0.1) is 0 Å². The average Bonchev–Trinajstić information content (AvgIpc) is 2.42. The van der Waals surface area contributed by atoms with Gasteiger partial charge in [-0.2, -0.15) is 0 Å². The Morgan fingerprint density at radius 1 is 0.818 bits per heavy atom. The maximum absolute atomic E-state index is 12.3. The summed E-state index contributed by atoms with van der Waals surface area (Å²) in [6.07, 6.45) is 0. The van der Waals surface area contributed by atoms with Crippen LogP contribution in [0, 0.1) is 0 Å². The third-order valence-corrected chi connectivity index (χ3v) is 4.02. The van der Waals surface area contributed by atoms with Crippen LogP contribution in [0.25, 0.3) is 0 Å². The second-order valence-corrected chi connectivity index (χ2v) is 5.90. The molecule has 0 N–H and O–H groups in total. The zero-order valence-electron chi connectivity index (χ0n) is 11.1. The van der Waals surface area contributed by atoms with Crippen molar-refractivity contribution in [1.82, 2.24) is 0 Å². The fourth-order valence-electron chi connectivity index (χ4n) is 1.80. The van der Waals surface area contributed by atoms with Crippen molar-refractivity contribution in [2.75, 3.05) is 0 Å². The molecule has 0 saturated heterocycles. The van der Waals surface area contributed by atoms with Gasteiger partial charge in [0, 0.05) is 0 Å². The van der Waals surface area contributed by atoms with Crippen LogP contribution in [-0.4, -0.2) is 11.8 Å². The molecule has 0 amide bonds. The van der Waals surface area contributed by atoms with Crippen LogP contribution >= 0.6 is 46.4 Å². The highest BCUT2D eigenvalue weighted by Gasteiger charge is 2.23. The van der Waals surface area contributed by atoms with Crippen molar-refractivity contribution in [3.63, 3.8) is 0 Å². The fraction of sp³-hybridized carbons (Fsp3) is 0.0667. The van der Waals surface area contributed by atoms with Crippen LogP contribution < -0.4 is 4.74 Å². The summed E-state index contributed by atoms with van der Waals surface area (Å²) in [5.74, 6) is -1.34. The van der Waals surface area contributed by atoms with Gasteiger partial charge >= 0.3 is 5.97 Å². The van der Waals surface area contributed by atoms with Crippen molar-refractivity contribution < 1.29 is 14.3 Å². The van der Waals surface area contributed by atoms with Gasteiger partial charge in [-0.25, -0.2) is 4.79 Å². The van der Waals surface area contributed by atoms with Crippen molar-refractivity contribution >= 4 is 58.2 Å². The molecule has 0 aromatic heterocycles. The first kappa shape index (κ1) is 17.1. The topological polar surface area (TPSA) is 43.4 Å². The number of ether oxygens (including phenoxy) is 1. The van der Waals surface area contributed by atoms with Crippen LogP contribution in [0.4, 0.5) is 0 Å². The van der Waals surface area contributed by atoms with Gasteiger partial charge in [-0.05, 0) is 31.2 Å². The number of benzene rings is 2. The van der Waals surface area contributed by atoms with Gasteiger partial charge in [-0.1, -0.05) is 52.5 Å². The summed E-state index contributed by atoms with van der Waals surface area (Å²) in [5.41, 5.74) is 0.00192. The summed E-state index contributed by atoms with van der Waals surface area (Å²) in [6, 6.07) is 7.45. The van der Waals surface area contributed by atoms with Crippen molar-refractivity contribution in [3.8, 4) is 5.75 Å². The van der Waals surface area contributed by atoms with Crippen molar-refractivity contribution in [2.24, 2.45) is 0 Å². The Hall–Kier alpha value is -1.26. The van der Waals surface area contributed by atoms with Crippen molar-refractivity contribution in [3.05, 3.63) is 61.5 Å². The molecule has 0 bridgehead atoms. The Labute approximate surface area is 146 Å². The highest BCUT2D eigenvalue weighted by molar-refractivity contribution is 6.40. The van der Waals surface area contributed by atoms with Gasteiger partial charge in [0.2, 0.25) is 0 Å². The summed E-state index contributed by atoms with van der Waals surface area (Å²) in [6.45, 7) is 1.29. The van der Waals surface area contributed by atoms with E-state index in [4.69, 9.17) is 51.1 Å². The first-order chi connectivity index (χ1) is 10.3.